The van der Waals surface area contributed by atoms with Crippen LogP contribution in [-0.4, -0.2) is 18.8 Å². The summed E-state index contributed by atoms with van der Waals surface area (Å²) in [6.07, 6.45) is 1.54. The summed E-state index contributed by atoms with van der Waals surface area (Å²) in [6, 6.07) is 6.88. The molecule has 0 bridgehead atoms. The van der Waals surface area contributed by atoms with E-state index in [2.05, 4.69) is 0 Å². The Bertz CT molecular complexity index is 360. The second-order valence-corrected chi connectivity index (χ2v) is 5.65. The third-order valence-electron chi connectivity index (χ3n) is 2.86. The molecule has 0 saturated carbocycles. The second kappa shape index (κ2) is 6.86. The standard InChI is InChI=1S/C15H24FNO/c1-15(2,3)18-9-8-12(11-17)10-13-6-4-5-7-14(13)16/h4-7,12H,8-11,17H2,1-3H3. The first-order valence-electron chi connectivity index (χ1n) is 6.50. The zero-order valence-electron chi connectivity index (χ0n) is 11.6. The van der Waals surface area contributed by atoms with Crippen molar-refractivity contribution in [2.24, 2.45) is 11.7 Å². The summed E-state index contributed by atoms with van der Waals surface area (Å²) in [4.78, 5) is 0. The number of ether oxygens (including phenoxy) is 1. The lowest BCUT2D eigenvalue weighted by atomic mass is 9.96. The first-order valence-corrected chi connectivity index (χ1v) is 6.50. The van der Waals surface area contributed by atoms with E-state index in [0.717, 1.165) is 12.0 Å². The van der Waals surface area contributed by atoms with Gasteiger partial charge < -0.3 is 10.5 Å². The molecule has 1 unspecified atom stereocenters. The number of halogens is 1. The molecule has 1 aromatic carbocycles. The van der Waals surface area contributed by atoms with Gasteiger partial charge in [-0.15, -0.1) is 0 Å². The van der Waals surface area contributed by atoms with Crippen LogP contribution in [0, 0.1) is 11.7 Å². The van der Waals surface area contributed by atoms with E-state index >= 15 is 0 Å². The highest BCUT2D eigenvalue weighted by Crippen LogP contribution is 2.16. The van der Waals surface area contributed by atoms with Gasteiger partial charge in [0.05, 0.1) is 5.60 Å². The molecule has 2 N–H and O–H groups in total. The fourth-order valence-corrected chi connectivity index (χ4v) is 1.81. The lowest BCUT2D eigenvalue weighted by Gasteiger charge is -2.22. The molecule has 2 nitrogen and oxygen atoms in total. The molecule has 0 aromatic heterocycles. The number of rotatable bonds is 6. The Kier molecular flexibility index (Phi) is 5.76. The minimum Gasteiger partial charge on any atom is -0.376 e. The summed E-state index contributed by atoms with van der Waals surface area (Å²) in [6.45, 7) is 7.31. The normalized spacial score (nSPS) is 13.6. The molecular formula is C15H24FNO. The minimum atomic E-state index is -0.146. The summed E-state index contributed by atoms with van der Waals surface area (Å²) in [5.74, 6) is 0.122. The van der Waals surface area contributed by atoms with E-state index in [4.69, 9.17) is 10.5 Å². The maximum absolute atomic E-state index is 13.5. The van der Waals surface area contributed by atoms with Crippen molar-refractivity contribution in [2.75, 3.05) is 13.2 Å². The highest BCUT2D eigenvalue weighted by molar-refractivity contribution is 5.17. The highest BCUT2D eigenvalue weighted by Gasteiger charge is 2.14. The Balaban J connectivity index is 2.45. The van der Waals surface area contributed by atoms with Crippen LogP contribution in [0.5, 0.6) is 0 Å². The molecule has 0 radical (unpaired) electrons. The molecule has 3 heteroatoms. The molecular weight excluding hydrogens is 229 g/mol. The molecule has 0 heterocycles. The molecule has 0 fully saturated rings. The van der Waals surface area contributed by atoms with Gasteiger partial charge in [0.15, 0.2) is 0 Å². The molecule has 18 heavy (non-hydrogen) atoms. The van der Waals surface area contributed by atoms with E-state index in [9.17, 15) is 4.39 Å². The molecule has 102 valence electrons. The van der Waals surface area contributed by atoms with Gasteiger partial charge >= 0.3 is 0 Å². The average Bonchev–Trinajstić information content (AvgIpc) is 2.29. The van der Waals surface area contributed by atoms with Crippen LogP contribution in [0.3, 0.4) is 0 Å². The smallest absolute Gasteiger partial charge is 0.126 e. The first kappa shape index (κ1) is 15.1. The monoisotopic (exact) mass is 253 g/mol. The van der Waals surface area contributed by atoms with E-state index in [1.54, 1.807) is 6.07 Å². The van der Waals surface area contributed by atoms with E-state index in [1.807, 2.05) is 32.9 Å². The Labute approximate surface area is 109 Å². The molecule has 1 aromatic rings. The molecule has 0 aliphatic heterocycles. The highest BCUT2D eigenvalue weighted by atomic mass is 19.1. The van der Waals surface area contributed by atoms with Crippen molar-refractivity contribution in [2.45, 2.75) is 39.2 Å². The third-order valence-corrected chi connectivity index (χ3v) is 2.86. The van der Waals surface area contributed by atoms with Gasteiger partial charge in [0.2, 0.25) is 0 Å². The van der Waals surface area contributed by atoms with Gasteiger partial charge in [-0.2, -0.15) is 0 Å². The van der Waals surface area contributed by atoms with Crippen LogP contribution in [0.4, 0.5) is 4.39 Å². The van der Waals surface area contributed by atoms with Crippen LogP contribution in [0.15, 0.2) is 24.3 Å². The van der Waals surface area contributed by atoms with Crippen molar-refractivity contribution in [1.82, 2.24) is 0 Å². The SMILES string of the molecule is CC(C)(C)OCCC(CN)Cc1ccccc1F. The van der Waals surface area contributed by atoms with E-state index in [1.165, 1.54) is 6.07 Å². The molecule has 0 aliphatic carbocycles. The Morgan fingerprint density at radius 1 is 1.28 bits per heavy atom. The molecule has 0 saturated heterocycles. The topological polar surface area (TPSA) is 35.2 Å². The van der Waals surface area contributed by atoms with Crippen LogP contribution in [0.25, 0.3) is 0 Å². The van der Waals surface area contributed by atoms with Gasteiger partial charge in [0.1, 0.15) is 5.82 Å². The average molecular weight is 253 g/mol. The minimum absolute atomic E-state index is 0.128. The summed E-state index contributed by atoms with van der Waals surface area (Å²) in [5, 5.41) is 0. The maximum atomic E-state index is 13.5. The van der Waals surface area contributed by atoms with Crippen LogP contribution >= 0.6 is 0 Å². The maximum Gasteiger partial charge on any atom is 0.126 e. The summed E-state index contributed by atoms with van der Waals surface area (Å²) < 4.78 is 19.2. The van der Waals surface area contributed by atoms with Gasteiger partial charge in [-0.25, -0.2) is 4.39 Å². The number of hydrogen-bond donors (Lipinski definition) is 1. The van der Waals surface area contributed by atoms with Crippen molar-refractivity contribution in [1.29, 1.82) is 0 Å². The van der Waals surface area contributed by atoms with Gasteiger partial charge in [-0.05, 0) is 57.7 Å². The number of hydrogen-bond acceptors (Lipinski definition) is 2. The van der Waals surface area contributed by atoms with Crippen LogP contribution < -0.4 is 5.73 Å². The zero-order valence-corrected chi connectivity index (χ0v) is 11.6. The quantitative estimate of drug-likeness (QED) is 0.845. The number of benzene rings is 1. The molecule has 0 spiro atoms. The van der Waals surface area contributed by atoms with E-state index < -0.39 is 0 Å². The molecule has 1 atom stereocenters. The first-order chi connectivity index (χ1) is 8.42. The van der Waals surface area contributed by atoms with Crippen molar-refractivity contribution < 1.29 is 9.13 Å². The predicted octanol–water partition coefficient (Wildman–Crippen LogP) is 3.15. The van der Waals surface area contributed by atoms with E-state index in [-0.39, 0.29) is 17.3 Å². The fourth-order valence-electron chi connectivity index (χ4n) is 1.81. The summed E-state index contributed by atoms with van der Waals surface area (Å²) in [7, 11) is 0. The van der Waals surface area contributed by atoms with Gasteiger partial charge in [-0.1, -0.05) is 18.2 Å². The molecule has 1 rings (SSSR count). The van der Waals surface area contributed by atoms with Crippen molar-refractivity contribution in [3.8, 4) is 0 Å². The number of nitrogens with two attached hydrogens (primary N) is 1. The van der Waals surface area contributed by atoms with Crippen molar-refractivity contribution in [3.05, 3.63) is 35.6 Å². The van der Waals surface area contributed by atoms with Crippen LogP contribution in [0.1, 0.15) is 32.8 Å². The zero-order chi connectivity index (χ0) is 13.6. The second-order valence-electron chi connectivity index (χ2n) is 5.65. The van der Waals surface area contributed by atoms with Crippen molar-refractivity contribution in [3.63, 3.8) is 0 Å². The van der Waals surface area contributed by atoms with Gasteiger partial charge in [-0.3, -0.25) is 0 Å². The van der Waals surface area contributed by atoms with E-state index in [0.29, 0.717) is 19.6 Å². The lowest BCUT2D eigenvalue weighted by Crippen LogP contribution is -2.24. The molecule has 0 aliphatic rings. The Morgan fingerprint density at radius 2 is 1.94 bits per heavy atom. The third kappa shape index (κ3) is 5.61. The molecule has 0 amide bonds. The Hall–Kier alpha value is -0.930. The fraction of sp³-hybridized carbons (Fsp3) is 0.600. The van der Waals surface area contributed by atoms with Crippen LogP contribution in [-0.2, 0) is 11.2 Å². The summed E-state index contributed by atoms with van der Waals surface area (Å²) >= 11 is 0. The van der Waals surface area contributed by atoms with Crippen LogP contribution in [0.2, 0.25) is 0 Å². The predicted molar refractivity (Wildman–Crippen MR) is 73.0 cm³/mol. The Morgan fingerprint density at radius 3 is 2.50 bits per heavy atom. The lowest BCUT2D eigenvalue weighted by molar-refractivity contribution is -0.00889. The van der Waals surface area contributed by atoms with Crippen molar-refractivity contribution >= 4 is 0 Å². The van der Waals surface area contributed by atoms with Gasteiger partial charge in [0, 0.05) is 6.61 Å². The largest absolute Gasteiger partial charge is 0.376 e. The van der Waals surface area contributed by atoms with Gasteiger partial charge in [0.25, 0.3) is 0 Å². The summed E-state index contributed by atoms with van der Waals surface area (Å²) in [5.41, 5.74) is 6.35.